The minimum atomic E-state index is -0.0604. The molecule has 0 aromatic rings. The number of carbonyl (C=O) groups excluding carboxylic acids is 2. The number of piperidine rings is 1. The molecule has 2 rings (SSSR count). The lowest BCUT2D eigenvalue weighted by molar-refractivity contribution is -0.133. The summed E-state index contributed by atoms with van der Waals surface area (Å²) in [6.45, 7) is 5.55. The van der Waals surface area contributed by atoms with Crippen molar-refractivity contribution in [2.45, 2.75) is 58.0 Å². The van der Waals surface area contributed by atoms with Crippen LogP contribution in [0.5, 0.6) is 0 Å². The number of nitrogens with one attached hydrogen (secondary N) is 1. The van der Waals surface area contributed by atoms with E-state index >= 15 is 0 Å². The van der Waals surface area contributed by atoms with Crippen LogP contribution < -0.4 is 11.1 Å². The van der Waals surface area contributed by atoms with E-state index in [1.165, 1.54) is 0 Å². The van der Waals surface area contributed by atoms with Crippen LogP contribution in [-0.4, -0.2) is 41.9 Å². The van der Waals surface area contributed by atoms with Crippen LogP contribution in [0.4, 0.5) is 0 Å². The number of nitrogens with two attached hydrogens (primary N) is 1. The van der Waals surface area contributed by atoms with Crippen LogP contribution in [0.3, 0.4) is 0 Å². The highest BCUT2D eigenvalue weighted by molar-refractivity contribution is 5.81. The van der Waals surface area contributed by atoms with Gasteiger partial charge in [0.2, 0.25) is 11.8 Å². The topological polar surface area (TPSA) is 75.4 Å². The Morgan fingerprint density at radius 3 is 2.30 bits per heavy atom. The number of nitrogens with zero attached hydrogens (tertiary/aromatic N) is 1. The lowest BCUT2D eigenvalue weighted by Crippen LogP contribution is -2.48. The number of hydrogen-bond acceptors (Lipinski definition) is 3. The molecule has 2 fully saturated rings. The zero-order valence-corrected chi connectivity index (χ0v) is 12.6. The normalized spacial score (nSPS) is 21.9. The van der Waals surface area contributed by atoms with Gasteiger partial charge in [-0.3, -0.25) is 9.59 Å². The number of hydrogen-bond donors (Lipinski definition) is 2. The van der Waals surface area contributed by atoms with Gasteiger partial charge >= 0.3 is 0 Å². The van der Waals surface area contributed by atoms with Crippen LogP contribution in [0.25, 0.3) is 0 Å². The first-order valence-electron chi connectivity index (χ1n) is 7.81. The van der Waals surface area contributed by atoms with E-state index < -0.39 is 0 Å². The highest BCUT2D eigenvalue weighted by Gasteiger charge is 2.32. The van der Waals surface area contributed by atoms with E-state index in [9.17, 15) is 9.59 Å². The van der Waals surface area contributed by atoms with Crippen LogP contribution >= 0.6 is 0 Å². The third kappa shape index (κ3) is 4.20. The summed E-state index contributed by atoms with van der Waals surface area (Å²) in [5.41, 5.74) is 5.95. The van der Waals surface area contributed by atoms with E-state index in [0.717, 1.165) is 38.8 Å². The maximum Gasteiger partial charge on any atom is 0.224 e. The van der Waals surface area contributed by atoms with Crippen LogP contribution in [0.15, 0.2) is 0 Å². The molecule has 1 atom stereocenters. The van der Waals surface area contributed by atoms with Gasteiger partial charge in [0.1, 0.15) is 0 Å². The fourth-order valence-corrected chi connectivity index (χ4v) is 2.50. The predicted octanol–water partition coefficient (Wildman–Crippen LogP) is 0.877. The summed E-state index contributed by atoms with van der Waals surface area (Å²) in [5, 5.41) is 3.10. The van der Waals surface area contributed by atoms with E-state index in [1.54, 1.807) is 0 Å². The predicted molar refractivity (Wildman–Crippen MR) is 77.9 cm³/mol. The van der Waals surface area contributed by atoms with Crippen molar-refractivity contribution in [3.8, 4) is 0 Å². The summed E-state index contributed by atoms with van der Waals surface area (Å²) < 4.78 is 0. The second-order valence-electron chi connectivity index (χ2n) is 6.55. The molecule has 0 aromatic carbocycles. The maximum absolute atomic E-state index is 12.1. The second-order valence-corrected chi connectivity index (χ2v) is 6.55. The second kappa shape index (κ2) is 6.57. The van der Waals surface area contributed by atoms with Gasteiger partial charge in [0.15, 0.2) is 0 Å². The molecule has 1 aliphatic carbocycles. The molecule has 20 heavy (non-hydrogen) atoms. The zero-order valence-electron chi connectivity index (χ0n) is 12.6. The molecule has 0 aromatic heterocycles. The molecule has 1 saturated carbocycles. The van der Waals surface area contributed by atoms with Crippen LogP contribution in [0.1, 0.15) is 46.0 Å². The van der Waals surface area contributed by atoms with Gasteiger partial charge in [-0.05, 0) is 31.6 Å². The van der Waals surface area contributed by atoms with Gasteiger partial charge in [0.25, 0.3) is 0 Å². The van der Waals surface area contributed by atoms with Crippen LogP contribution in [0, 0.1) is 11.8 Å². The van der Waals surface area contributed by atoms with Crippen LogP contribution in [0.2, 0.25) is 0 Å². The fraction of sp³-hybridized carbons (Fsp3) is 0.867. The van der Waals surface area contributed by atoms with Crippen molar-refractivity contribution >= 4 is 11.8 Å². The standard InChI is InChI=1S/C15H27N3O2/c1-10(2)13(16)9-14(19)18-7-5-12(6-8-18)17-15(20)11-3-4-11/h10-13H,3-9,16H2,1-2H3,(H,17,20). The Morgan fingerprint density at radius 1 is 1.20 bits per heavy atom. The van der Waals surface area contributed by atoms with Crippen molar-refractivity contribution in [3.63, 3.8) is 0 Å². The summed E-state index contributed by atoms with van der Waals surface area (Å²) in [7, 11) is 0. The number of rotatable bonds is 5. The van der Waals surface area contributed by atoms with Crippen molar-refractivity contribution in [3.05, 3.63) is 0 Å². The molecule has 0 radical (unpaired) electrons. The molecular formula is C15H27N3O2. The average Bonchev–Trinajstić information content (AvgIpc) is 3.23. The molecule has 1 aliphatic heterocycles. The number of likely N-dealkylation sites (tertiary alicyclic amines) is 1. The highest BCUT2D eigenvalue weighted by atomic mass is 16.2. The lowest BCUT2D eigenvalue weighted by Gasteiger charge is -2.33. The molecule has 1 saturated heterocycles. The smallest absolute Gasteiger partial charge is 0.224 e. The Hall–Kier alpha value is -1.10. The van der Waals surface area contributed by atoms with E-state index in [-0.39, 0.29) is 29.8 Å². The molecular weight excluding hydrogens is 254 g/mol. The quantitative estimate of drug-likeness (QED) is 0.785. The zero-order chi connectivity index (χ0) is 14.7. The molecule has 1 heterocycles. The van der Waals surface area contributed by atoms with Gasteiger partial charge in [-0.15, -0.1) is 0 Å². The number of carbonyl (C=O) groups is 2. The van der Waals surface area contributed by atoms with Gasteiger partial charge < -0.3 is 16.0 Å². The molecule has 114 valence electrons. The third-order valence-electron chi connectivity index (χ3n) is 4.41. The molecule has 3 N–H and O–H groups in total. The molecule has 5 nitrogen and oxygen atoms in total. The Kier molecular flexibility index (Phi) is 5.02. The van der Waals surface area contributed by atoms with E-state index in [0.29, 0.717) is 12.3 Å². The summed E-state index contributed by atoms with van der Waals surface area (Å²) in [5.74, 6) is 0.947. The maximum atomic E-state index is 12.1. The summed E-state index contributed by atoms with van der Waals surface area (Å²) in [4.78, 5) is 25.7. The molecule has 1 unspecified atom stereocenters. The first kappa shape index (κ1) is 15.3. The van der Waals surface area contributed by atoms with E-state index in [1.807, 2.05) is 18.7 Å². The Labute approximate surface area is 121 Å². The van der Waals surface area contributed by atoms with Crippen LogP contribution in [-0.2, 0) is 9.59 Å². The number of amides is 2. The van der Waals surface area contributed by atoms with Crippen molar-refractivity contribution in [1.29, 1.82) is 0 Å². The van der Waals surface area contributed by atoms with Crippen molar-refractivity contribution in [2.24, 2.45) is 17.6 Å². The SMILES string of the molecule is CC(C)C(N)CC(=O)N1CCC(NC(=O)C2CC2)CC1. The third-order valence-corrected chi connectivity index (χ3v) is 4.41. The Morgan fingerprint density at radius 2 is 1.80 bits per heavy atom. The minimum Gasteiger partial charge on any atom is -0.353 e. The summed E-state index contributed by atoms with van der Waals surface area (Å²) in [6.07, 6.45) is 4.23. The summed E-state index contributed by atoms with van der Waals surface area (Å²) >= 11 is 0. The molecule has 0 bridgehead atoms. The first-order valence-corrected chi connectivity index (χ1v) is 7.81. The lowest BCUT2D eigenvalue weighted by atomic mass is 9.99. The van der Waals surface area contributed by atoms with Crippen molar-refractivity contribution in [2.75, 3.05) is 13.1 Å². The van der Waals surface area contributed by atoms with Gasteiger partial charge in [-0.1, -0.05) is 13.8 Å². The molecule has 5 heteroatoms. The van der Waals surface area contributed by atoms with Gasteiger partial charge in [0.05, 0.1) is 0 Å². The molecule has 2 aliphatic rings. The van der Waals surface area contributed by atoms with E-state index in [4.69, 9.17) is 5.73 Å². The van der Waals surface area contributed by atoms with Crippen molar-refractivity contribution in [1.82, 2.24) is 10.2 Å². The van der Waals surface area contributed by atoms with Gasteiger partial charge in [-0.25, -0.2) is 0 Å². The Bertz CT molecular complexity index is 358. The molecule has 2 amide bonds. The monoisotopic (exact) mass is 281 g/mol. The van der Waals surface area contributed by atoms with Gasteiger partial charge in [-0.2, -0.15) is 0 Å². The highest BCUT2D eigenvalue weighted by Crippen LogP contribution is 2.29. The molecule has 0 spiro atoms. The van der Waals surface area contributed by atoms with Crippen molar-refractivity contribution < 1.29 is 9.59 Å². The minimum absolute atomic E-state index is 0.0604. The van der Waals surface area contributed by atoms with E-state index in [2.05, 4.69) is 5.32 Å². The summed E-state index contributed by atoms with van der Waals surface area (Å²) in [6, 6.07) is 0.181. The van der Waals surface area contributed by atoms with Gasteiger partial charge in [0, 0.05) is 37.5 Å². The first-order chi connectivity index (χ1) is 9.47. The Balaban J connectivity index is 1.70. The average molecular weight is 281 g/mol. The fourth-order valence-electron chi connectivity index (χ4n) is 2.50. The largest absolute Gasteiger partial charge is 0.353 e.